The number of fused-ring (bicyclic) bond motifs is 1. The molecule has 0 saturated carbocycles. The third-order valence-electron chi connectivity index (χ3n) is 6.70. The van der Waals surface area contributed by atoms with Crippen molar-refractivity contribution in [1.82, 2.24) is 25.9 Å². The summed E-state index contributed by atoms with van der Waals surface area (Å²) in [6.07, 6.45) is 3.90. The quantitative estimate of drug-likeness (QED) is 0.279. The highest BCUT2D eigenvalue weighted by atomic mass is 35.5. The van der Waals surface area contributed by atoms with E-state index in [2.05, 4.69) is 15.7 Å². The molecule has 9 nitrogen and oxygen atoms in total. The van der Waals surface area contributed by atoms with E-state index in [1.807, 2.05) is 48.5 Å². The number of halogens is 1. The van der Waals surface area contributed by atoms with Crippen molar-refractivity contribution in [1.29, 1.82) is 0 Å². The Morgan fingerprint density at radius 3 is 2.48 bits per heavy atom. The number of ketones is 1. The van der Waals surface area contributed by atoms with E-state index in [1.54, 1.807) is 60.5 Å². The number of hydrogen-bond donors (Lipinski definition) is 2. The van der Waals surface area contributed by atoms with Crippen LogP contribution in [-0.4, -0.2) is 51.3 Å². The number of rotatable bonds is 9. The van der Waals surface area contributed by atoms with Gasteiger partial charge >= 0.3 is 0 Å². The van der Waals surface area contributed by atoms with E-state index < -0.39 is 17.9 Å². The molecule has 0 fully saturated rings. The number of benzene rings is 3. The van der Waals surface area contributed by atoms with Crippen molar-refractivity contribution in [3.8, 4) is 11.1 Å². The first-order valence-electron chi connectivity index (χ1n) is 12.9. The van der Waals surface area contributed by atoms with E-state index in [0.29, 0.717) is 34.7 Å². The summed E-state index contributed by atoms with van der Waals surface area (Å²) in [7, 11) is 0. The van der Waals surface area contributed by atoms with E-state index >= 15 is 0 Å². The molecular weight excluding hydrogens is 530 g/mol. The van der Waals surface area contributed by atoms with Crippen LogP contribution >= 0.6 is 11.6 Å². The molecule has 1 aliphatic rings. The van der Waals surface area contributed by atoms with Crippen LogP contribution in [0, 0.1) is 0 Å². The number of carbonyl (C=O) groups excluding carboxylic acids is 3. The highest BCUT2D eigenvalue weighted by Gasteiger charge is 2.32. The maximum Gasteiger partial charge on any atom is 0.266 e. The number of hydrogen-bond acceptors (Lipinski definition) is 7. The fourth-order valence-corrected chi connectivity index (χ4v) is 4.69. The van der Waals surface area contributed by atoms with Crippen LogP contribution in [0.3, 0.4) is 0 Å². The lowest BCUT2D eigenvalue weighted by molar-refractivity contribution is -0.132. The number of nitrogens with one attached hydrogen (secondary N) is 2. The molecule has 40 heavy (non-hydrogen) atoms. The van der Waals surface area contributed by atoms with Gasteiger partial charge in [-0.15, -0.1) is 5.12 Å². The van der Waals surface area contributed by atoms with Crippen LogP contribution < -0.4 is 10.7 Å². The molecule has 0 bridgehead atoms. The van der Waals surface area contributed by atoms with E-state index in [0.717, 1.165) is 11.1 Å². The first kappa shape index (κ1) is 27.1. The van der Waals surface area contributed by atoms with Crippen LogP contribution in [0.25, 0.3) is 22.2 Å². The van der Waals surface area contributed by atoms with Gasteiger partial charge in [0.1, 0.15) is 11.6 Å². The second-order valence-corrected chi connectivity index (χ2v) is 9.75. The van der Waals surface area contributed by atoms with Crippen molar-refractivity contribution in [3.05, 3.63) is 102 Å². The standard InChI is InChI=1S/C30H28ClN5O4/c1-3-24(27(37)30-33-25-11-6-7-12-26(25)40-30)32-28(38)19(2)35-17-8-18-36(35)34-29(39)21-15-13-20(14-16-21)22-9-4-5-10-23(22)31/h4-17,19,24H,3,18H2,1-2H3,(H,32,38)(H,34,39)/t19-,24-/m0/s1. The average Bonchev–Trinajstić information content (AvgIpc) is 3.62. The lowest BCUT2D eigenvalue weighted by Gasteiger charge is -2.33. The molecule has 0 saturated heterocycles. The van der Waals surface area contributed by atoms with Gasteiger partial charge in [0.05, 0.1) is 12.6 Å². The molecule has 5 rings (SSSR count). The molecule has 4 aromatic rings. The third-order valence-corrected chi connectivity index (χ3v) is 7.03. The number of hydrazine groups is 2. The first-order chi connectivity index (χ1) is 19.4. The van der Waals surface area contributed by atoms with Crippen molar-refractivity contribution < 1.29 is 18.8 Å². The number of carbonyl (C=O) groups is 3. The summed E-state index contributed by atoms with van der Waals surface area (Å²) in [5.41, 5.74) is 6.16. The first-order valence-corrected chi connectivity index (χ1v) is 13.3. The maximum atomic E-state index is 13.2. The zero-order valence-corrected chi connectivity index (χ0v) is 22.8. The predicted molar refractivity (Wildman–Crippen MR) is 152 cm³/mol. The molecule has 2 atom stereocenters. The van der Waals surface area contributed by atoms with Crippen molar-refractivity contribution >= 4 is 40.3 Å². The molecule has 0 unspecified atom stereocenters. The predicted octanol–water partition coefficient (Wildman–Crippen LogP) is 5.01. The highest BCUT2D eigenvalue weighted by molar-refractivity contribution is 6.33. The lowest BCUT2D eigenvalue weighted by Crippen LogP contribution is -2.56. The fraction of sp³-hybridized carbons (Fsp3) is 0.200. The fourth-order valence-electron chi connectivity index (χ4n) is 4.44. The van der Waals surface area contributed by atoms with E-state index in [4.69, 9.17) is 16.0 Å². The second kappa shape index (κ2) is 11.7. The molecule has 1 aliphatic heterocycles. The third kappa shape index (κ3) is 5.61. The summed E-state index contributed by atoms with van der Waals surface area (Å²) in [6.45, 7) is 3.87. The molecule has 2 N–H and O–H groups in total. The molecule has 2 heterocycles. The molecule has 204 valence electrons. The maximum absolute atomic E-state index is 13.2. The zero-order chi connectivity index (χ0) is 28.2. The van der Waals surface area contributed by atoms with Gasteiger partial charge in [0.15, 0.2) is 5.58 Å². The van der Waals surface area contributed by atoms with Crippen LogP contribution in [0.5, 0.6) is 0 Å². The van der Waals surface area contributed by atoms with Crippen LogP contribution in [-0.2, 0) is 4.79 Å². The Hall–Kier alpha value is -4.47. The van der Waals surface area contributed by atoms with Gasteiger partial charge in [-0.2, -0.15) is 0 Å². The Balaban J connectivity index is 1.21. The molecule has 0 spiro atoms. The number of amides is 2. The van der Waals surface area contributed by atoms with E-state index in [9.17, 15) is 14.4 Å². The Kier molecular flexibility index (Phi) is 7.95. The number of para-hydroxylation sites is 2. The van der Waals surface area contributed by atoms with Gasteiger partial charge in [0, 0.05) is 22.3 Å². The summed E-state index contributed by atoms with van der Waals surface area (Å²) in [6, 6.07) is 20.2. The molecule has 0 radical (unpaired) electrons. The van der Waals surface area contributed by atoms with Crippen LogP contribution in [0.1, 0.15) is 41.3 Å². The van der Waals surface area contributed by atoms with Gasteiger partial charge in [-0.1, -0.05) is 61.0 Å². The van der Waals surface area contributed by atoms with E-state index in [-0.39, 0.29) is 17.7 Å². The van der Waals surface area contributed by atoms with Crippen LogP contribution in [0.15, 0.2) is 89.5 Å². The number of oxazole rings is 1. The Labute approximate surface area is 236 Å². The molecule has 0 aliphatic carbocycles. The lowest BCUT2D eigenvalue weighted by atomic mass is 10.0. The van der Waals surface area contributed by atoms with Crippen molar-refractivity contribution in [2.24, 2.45) is 0 Å². The number of Topliss-reactive ketones (excluding diaryl/α,β-unsaturated/α-hetero) is 1. The Bertz CT molecular complexity index is 1550. The Morgan fingerprint density at radius 1 is 1.02 bits per heavy atom. The molecule has 3 aromatic carbocycles. The van der Waals surface area contributed by atoms with Crippen LogP contribution in [0.4, 0.5) is 0 Å². The van der Waals surface area contributed by atoms with Crippen molar-refractivity contribution in [2.45, 2.75) is 32.4 Å². The smallest absolute Gasteiger partial charge is 0.266 e. The van der Waals surface area contributed by atoms with Gasteiger partial charge in [-0.3, -0.25) is 24.8 Å². The zero-order valence-electron chi connectivity index (χ0n) is 22.0. The summed E-state index contributed by atoms with van der Waals surface area (Å²) < 4.78 is 5.60. The molecule has 1 aromatic heterocycles. The largest absolute Gasteiger partial charge is 0.434 e. The highest BCUT2D eigenvalue weighted by Crippen LogP contribution is 2.27. The van der Waals surface area contributed by atoms with Gasteiger partial charge < -0.3 is 9.73 Å². The minimum absolute atomic E-state index is 0.0449. The van der Waals surface area contributed by atoms with Gasteiger partial charge in [-0.25, -0.2) is 4.98 Å². The second-order valence-electron chi connectivity index (χ2n) is 9.34. The van der Waals surface area contributed by atoms with Crippen LogP contribution in [0.2, 0.25) is 5.02 Å². The summed E-state index contributed by atoms with van der Waals surface area (Å²) in [4.78, 5) is 43.5. The van der Waals surface area contributed by atoms with Crippen molar-refractivity contribution in [3.63, 3.8) is 0 Å². The minimum atomic E-state index is -0.811. The van der Waals surface area contributed by atoms with Gasteiger partial charge in [0.25, 0.3) is 11.8 Å². The SMILES string of the molecule is CC[C@H](NC(=O)[C@H](C)N1C=CCN1NC(=O)c1ccc(-c2ccccc2Cl)cc1)C(=O)c1nc2ccccc2o1. The monoisotopic (exact) mass is 557 g/mol. The number of aromatic nitrogens is 1. The molecule has 2 amide bonds. The van der Waals surface area contributed by atoms with Crippen molar-refractivity contribution in [2.75, 3.05) is 6.54 Å². The topological polar surface area (TPSA) is 108 Å². The summed E-state index contributed by atoms with van der Waals surface area (Å²) in [5.74, 6) is -1.16. The van der Waals surface area contributed by atoms with E-state index in [1.165, 1.54) is 0 Å². The number of nitrogens with zero attached hydrogens (tertiary/aromatic N) is 3. The minimum Gasteiger partial charge on any atom is -0.434 e. The van der Waals surface area contributed by atoms with Gasteiger partial charge in [0.2, 0.25) is 11.7 Å². The average molecular weight is 558 g/mol. The summed E-state index contributed by atoms with van der Waals surface area (Å²) >= 11 is 6.29. The van der Waals surface area contributed by atoms with Gasteiger partial charge in [-0.05, 0) is 55.3 Å². The molecular formula is C30H28ClN5O4. The molecule has 10 heteroatoms. The normalized spacial score (nSPS) is 14.7. The summed E-state index contributed by atoms with van der Waals surface area (Å²) in [5, 5.41) is 6.60. The Morgan fingerprint density at radius 2 is 1.75 bits per heavy atom.